The van der Waals surface area contributed by atoms with Gasteiger partial charge >= 0.3 is 0 Å². The van der Waals surface area contributed by atoms with Crippen LogP contribution in [0.25, 0.3) is 22.2 Å². The second-order valence-corrected chi connectivity index (χ2v) is 6.26. The van der Waals surface area contributed by atoms with E-state index in [9.17, 15) is 0 Å². The van der Waals surface area contributed by atoms with Gasteiger partial charge in [-0.25, -0.2) is 9.97 Å². The molecule has 4 aromatic rings. The molecule has 2 N–H and O–H groups in total. The molecule has 0 aliphatic heterocycles. The van der Waals surface area contributed by atoms with E-state index in [1.54, 1.807) is 13.4 Å². The summed E-state index contributed by atoms with van der Waals surface area (Å²) in [5, 5.41) is 5.03. The van der Waals surface area contributed by atoms with Crippen LogP contribution in [0.5, 0.6) is 5.75 Å². The normalized spacial score (nSPS) is 10.8. The Bertz CT molecular complexity index is 1060. The van der Waals surface area contributed by atoms with Gasteiger partial charge in [-0.05, 0) is 23.8 Å². The predicted molar refractivity (Wildman–Crippen MR) is 105 cm³/mol. The van der Waals surface area contributed by atoms with Crippen molar-refractivity contribution < 1.29 is 4.74 Å². The minimum atomic E-state index is 0.594. The van der Waals surface area contributed by atoms with E-state index in [0.29, 0.717) is 11.6 Å². The molecule has 0 fully saturated rings. The zero-order valence-electron chi connectivity index (χ0n) is 14.2. The Morgan fingerprint density at radius 3 is 2.85 bits per heavy atom. The molecular formula is C20H17ClN4O. The van der Waals surface area contributed by atoms with Crippen LogP contribution < -0.4 is 10.1 Å². The molecule has 26 heavy (non-hydrogen) atoms. The lowest BCUT2D eigenvalue weighted by atomic mass is 10.1. The van der Waals surface area contributed by atoms with Crippen LogP contribution >= 0.6 is 11.6 Å². The van der Waals surface area contributed by atoms with Crippen LogP contribution in [0.2, 0.25) is 5.02 Å². The standard InChI is InChI=1S/C20H17ClN4O/c1-26-17-8-3-2-5-14(17)10-22-19-18-16(11-23-20(18)25-12-24-19)13-6-4-7-15(21)9-13/h2-9,11-12H,10H2,1H3,(H2,22,23,24,25). The van der Waals surface area contributed by atoms with Gasteiger partial charge in [-0.1, -0.05) is 41.9 Å². The third-order valence-electron chi connectivity index (χ3n) is 4.24. The van der Waals surface area contributed by atoms with Crippen LogP contribution in [0.3, 0.4) is 0 Å². The zero-order chi connectivity index (χ0) is 17.9. The van der Waals surface area contributed by atoms with Gasteiger partial charge in [0.1, 0.15) is 23.5 Å². The van der Waals surface area contributed by atoms with Gasteiger partial charge in [0.05, 0.1) is 12.5 Å². The number of benzene rings is 2. The van der Waals surface area contributed by atoms with Crippen molar-refractivity contribution in [2.75, 3.05) is 12.4 Å². The van der Waals surface area contributed by atoms with E-state index in [4.69, 9.17) is 16.3 Å². The summed E-state index contributed by atoms with van der Waals surface area (Å²) in [5.41, 5.74) is 3.85. The smallest absolute Gasteiger partial charge is 0.143 e. The number of aromatic nitrogens is 3. The number of para-hydroxylation sites is 1. The van der Waals surface area contributed by atoms with Gasteiger partial charge in [-0.15, -0.1) is 0 Å². The van der Waals surface area contributed by atoms with Gasteiger partial charge in [0.15, 0.2) is 0 Å². The summed E-state index contributed by atoms with van der Waals surface area (Å²) < 4.78 is 5.42. The maximum absolute atomic E-state index is 6.16. The Kier molecular flexibility index (Phi) is 4.46. The summed E-state index contributed by atoms with van der Waals surface area (Å²) in [5.74, 6) is 1.60. The molecule has 0 aliphatic carbocycles. The number of ether oxygens (including phenoxy) is 1. The van der Waals surface area contributed by atoms with Crippen molar-refractivity contribution in [1.82, 2.24) is 15.0 Å². The number of halogens is 1. The van der Waals surface area contributed by atoms with Crippen molar-refractivity contribution in [1.29, 1.82) is 0 Å². The molecule has 0 unspecified atom stereocenters. The molecule has 0 aliphatic rings. The second kappa shape index (κ2) is 7.06. The Morgan fingerprint density at radius 1 is 1.12 bits per heavy atom. The molecule has 6 heteroatoms. The third-order valence-corrected chi connectivity index (χ3v) is 4.48. The molecule has 0 amide bonds. The topological polar surface area (TPSA) is 62.8 Å². The minimum Gasteiger partial charge on any atom is -0.496 e. The van der Waals surface area contributed by atoms with Crippen molar-refractivity contribution in [3.63, 3.8) is 0 Å². The number of H-pyrrole nitrogens is 1. The lowest BCUT2D eigenvalue weighted by Crippen LogP contribution is -2.04. The molecule has 2 heterocycles. The third kappa shape index (κ3) is 3.09. The quantitative estimate of drug-likeness (QED) is 0.528. The molecule has 5 nitrogen and oxygen atoms in total. The largest absolute Gasteiger partial charge is 0.496 e. The molecule has 4 rings (SSSR count). The summed E-state index contributed by atoms with van der Waals surface area (Å²) >= 11 is 6.16. The van der Waals surface area contributed by atoms with E-state index in [0.717, 1.165) is 39.3 Å². The molecular weight excluding hydrogens is 348 g/mol. The van der Waals surface area contributed by atoms with Crippen LogP contribution in [-0.4, -0.2) is 22.1 Å². The molecule has 0 saturated carbocycles. The van der Waals surface area contributed by atoms with Crippen molar-refractivity contribution in [3.8, 4) is 16.9 Å². The lowest BCUT2D eigenvalue weighted by molar-refractivity contribution is 0.410. The van der Waals surface area contributed by atoms with E-state index in [1.807, 2.05) is 54.7 Å². The van der Waals surface area contributed by atoms with Crippen molar-refractivity contribution in [3.05, 3.63) is 71.6 Å². The molecule has 0 spiro atoms. The first-order valence-electron chi connectivity index (χ1n) is 8.20. The Morgan fingerprint density at radius 2 is 2.00 bits per heavy atom. The van der Waals surface area contributed by atoms with Gasteiger partial charge in [-0.3, -0.25) is 0 Å². The van der Waals surface area contributed by atoms with Crippen LogP contribution in [0.15, 0.2) is 61.1 Å². The first-order chi connectivity index (χ1) is 12.8. The van der Waals surface area contributed by atoms with Gasteiger partial charge in [0.2, 0.25) is 0 Å². The number of hydrogen-bond acceptors (Lipinski definition) is 4. The summed E-state index contributed by atoms with van der Waals surface area (Å²) in [4.78, 5) is 12.0. The van der Waals surface area contributed by atoms with E-state index < -0.39 is 0 Å². The Hall–Kier alpha value is -3.05. The molecule has 130 valence electrons. The van der Waals surface area contributed by atoms with Crippen LogP contribution in [0.4, 0.5) is 5.82 Å². The highest BCUT2D eigenvalue weighted by atomic mass is 35.5. The van der Waals surface area contributed by atoms with E-state index in [-0.39, 0.29) is 0 Å². The van der Waals surface area contributed by atoms with Crippen molar-refractivity contribution >= 4 is 28.5 Å². The summed E-state index contributed by atoms with van der Waals surface area (Å²) in [6.07, 6.45) is 3.48. The maximum atomic E-state index is 6.16. The highest BCUT2D eigenvalue weighted by molar-refractivity contribution is 6.31. The SMILES string of the molecule is COc1ccccc1CNc1ncnc2[nH]cc(-c3cccc(Cl)c3)c12. The average molecular weight is 365 g/mol. The first-order valence-corrected chi connectivity index (χ1v) is 8.58. The van der Waals surface area contributed by atoms with Gasteiger partial charge in [0, 0.05) is 28.9 Å². The number of anilines is 1. The number of aromatic amines is 1. The van der Waals surface area contributed by atoms with Gasteiger partial charge in [-0.2, -0.15) is 0 Å². The first kappa shape index (κ1) is 16.4. The lowest BCUT2D eigenvalue weighted by Gasteiger charge is -2.11. The number of rotatable bonds is 5. The van der Waals surface area contributed by atoms with Crippen molar-refractivity contribution in [2.45, 2.75) is 6.54 Å². The fourth-order valence-corrected chi connectivity index (χ4v) is 3.20. The number of methoxy groups -OCH3 is 1. The average Bonchev–Trinajstić information content (AvgIpc) is 3.11. The van der Waals surface area contributed by atoms with Crippen LogP contribution in [-0.2, 0) is 6.54 Å². The summed E-state index contributed by atoms with van der Waals surface area (Å²) in [6, 6.07) is 15.7. The predicted octanol–water partition coefficient (Wildman–Crippen LogP) is 4.90. The number of fused-ring (bicyclic) bond motifs is 1. The molecule has 0 atom stereocenters. The fraction of sp³-hybridized carbons (Fsp3) is 0.100. The Balaban J connectivity index is 1.73. The number of hydrogen-bond donors (Lipinski definition) is 2. The van der Waals surface area contributed by atoms with E-state index in [1.165, 1.54) is 0 Å². The number of nitrogens with zero attached hydrogens (tertiary/aromatic N) is 2. The zero-order valence-corrected chi connectivity index (χ0v) is 14.9. The molecule has 0 bridgehead atoms. The highest BCUT2D eigenvalue weighted by Crippen LogP contribution is 2.33. The number of nitrogens with one attached hydrogen (secondary N) is 2. The highest BCUT2D eigenvalue weighted by Gasteiger charge is 2.13. The summed E-state index contributed by atoms with van der Waals surface area (Å²) in [7, 11) is 1.67. The minimum absolute atomic E-state index is 0.594. The summed E-state index contributed by atoms with van der Waals surface area (Å²) in [6.45, 7) is 0.594. The molecule has 2 aromatic carbocycles. The van der Waals surface area contributed by atoms with Crippen molar-refractivity contribution in [2.24, 2.45) is 0 Å². The Labute approximate surface area is 156 Å². The van der Waals surface area contributed by atoms with E-state index >= 15 is 0 Å². The van der Waals surface area contributed by atoms with E-state index in [2.05, 4.69) is 20.3 Å². The van der Waals surface area contributed by atoms with Gasteiger partial charge in [0.25, 0.3) is 0 Å². The maximum Gasteiger partial charge on any atom is 0.143 e. The monoisotopic (exact) mass is 364 g/mol. The van der Waals surface area contributed by atoms with Gasteiger partial charge < -0.3 is 15.0 Å². The molecule has 0 saturated heterocycles. The fourth-order valence-electron chi connectivity index (χ4n) is 3.01. The molecule has 0 radical (unpaired) electrons. The molecule has 2 aromatic heterocycles. The van der Waals surface area contributed by atoms with Crippen LogP contribution in [0.1, 0.15) is 5.56 Å². The van der Waals surface area contributed by atoms with Crippen LogP contribution in [0, 0.1) is 0 Å². The second-order valence-electron chi connectivity index (χ2n) is 5.82.